The number of hydrogen-bond acceptors (Lipinski definition) is 3. The van der Waals surface area contributed by atoms with Crippen LogP contribution in [0.2, 0.25) is 0 Å². The van der Waals surface area contributed by atoms with Gasteiger partial charge in [0.05, 0.1) is 5.60 Å². The van der Waals surface area contributed by atoms with Gasteiger partial charge < -0.3 is 14.7 Å². The van der Waals surface area contributed by atoms with Crippen LogP contribution in [0.3, 0.4) is 0 Å². The third-order valence-electron chi connectivity index (χ3n) is 3.99. The van der Waals surface area contributed by atoms with Crippen molar-refractivity contribution in [3.8, 4) is 0 Å². The van der Waals surface area contributed by atoms with Gasteiger partial charge in [0.25, 0.3) is 0 Å². The van der Waals surface area contributed by atoms with Gasteiger partial charge in [-0.1, -0.05) is 0 Å². The fraction of sp³-hybridized carbons (Fsp3) is 0.929. The molecular formula is C14H25NO3. The van der Waals surface area contributed by atoms with Gasteiger partial charge in [-0.2, -0.15) is 0 Å². The molecule has 1 aliphatic heterocycles. The van der Waals surface area contributed by atoms with E-state index in [0.717, 1.165) is 38.8 Å². The van der Waals surface area contributed by atoms with Crippen LogP contribution < -0.4 is 0 Å². The highest BCUT2D eigenvalue weighted by molar-refractivity contribution is 5.68. The van der Waals surface area contributed by atoms with Crippen molar-refractivity contribution in [2.45, 2.75) is 64.6 Å². The third kappa shape index (κ3) is 2.97. The number of carbonyl (C=O) groups excluding carboxylic acids is 1. The number of hydrogen-bond donors (Lipinski definition) is 1. The lowest BCUT2D eigenvalue weighted by molar-refractivity contribution is -0.136. The van der Waals surface area contributed by atoms with Crippen molar-refractivity contribution in [3.63, 3.8) is 0 Å². The molecule has 2 fully saturated rings. The van der Waals surface area contributed by atoms with E-state index in [1.807, 2.05) is 27.7 Å². The molecule has 0 aromatic carbocycles. The number of amides is 1. The zero-order valence-electron chi connectivity index (χ0n) is 12.0. The fourth-order valence-corrected chi connectivity index (χ4v) is 3.41. The Labute approximate surface area is 109 Å². The molecule has 0 aromatic heterocycles. The van der Waals surface area contributed by atoms with E-state index in [4.69, 9.17) is 4.74 Å². The third-order valence-corrected chi connectivity index (χ3v) is 3.99. The molecule has 1 heterocycles. The summed E-state index contributed by atoms with van der Waals surface area (Å²) in [6, 6.07) is 0. The molecule has 0 bridgehead atoms. The zero-order valence-corrected chi connectivity index (χ0v) is 12.0. The Hall–Kier alpha value is -0.770. The van der Waals surface area contributed by atoms with E-state index >= 15 is 0 Å². The van der Waals surface area contributed by atoms with E-state index in [1.165, 1.54) is 0 Å². The molecule has 0 radical (unpaired) electrons. The lowest BCUT2D eigenvalue weighted by atomic mass is 9.56. The van der Waals surface area contributed by atoms with Crippen LogP contribution in [0.4, 0.5) is 4.79 Å². The van der Waals surface area contributed by atoms with Crippen molar-refractivity contribution in [2.24, 2.45) is 5.41 Å². The second kappa shape index (κ2) is 4.12. The minimum absolute atomic E-state index is 0.205. The summed E-state index contributed by atoms with van der Waals surface area (Å²) in [6.45, 7) is 9.08. The molecule has 0 aromatic rings. The Bertz CT molecular complexity index is 325. The van der Waals surface area contributed by atoms with Crippen molar-refractivity contribution in [2.75, 3.05) is 13.1 Å². The summed E-state index contributed by atoms with van der Waals surface area (Å²) in [6.07, 6.45) is 3.53. The number of rotatable bonds is 0. The maximum absolute atomic E-state index is 11.9. The molecule has 104 valence electrons. The topological polar surface area (TPSA) is 49.8 Å². The molecule has 2 rings (SSSR count). The Morgan fingerprint density at radius 1 is 1.22 bits per heavy atom. The summed E-state index contributed by atoms with van der Waals surface area (Å²) in [4.78, 5) is 13.7. The van der Waals surface area contributed by atoms with Gasteiger partial charge in [-0.3, -0.25) is 0 Å². The van der Waals surface area contributed by atoms with E-state index in [1.54, 1.807) is 4.90 Å². The van der Waals surface area contributed by atoms with Crippen LogP contribution in [0.5, 0.6) is 0 Å². The number of nitrogens with zero attached hydrogens (tertiary/aromatic N) is 1. The highest BCUT2D eigenvalue weighted by Gasteiger charge is 2.52. The first-order valence-corrected chi connectivity index (χ1v) is 6.81. The van der Waals surface area contributed by atoms with Crippen molar-refractivity contribution in [1.82, 2.24) is 4.90 Å². The molecule has 4 heteroatoms. The van der Waals surface area contributed by atoms with Crippen LogP contribution in [-0.4, -0.2) is 40.4 Å². The van der Waals surface area contributed by atoms with E-state index in [0.29, 0.717) is 0 Å². The first-order chi connectivity index (χ1) is 8.11. The number of likely N-dealkylation sites (tertiary alicyclic amines) is 1. The highest BCUT2D eigenvalue weighted by Crippen LogP contribution is 2.54. The van der Waals surface area contributed by atoms with Crippen LogP contribution in [0.1, 0.15) is 53.4 Å². The molecule has 4 nitrogen and oxygen atoms in total. The van der Waals surface area contributed by atoms with Gasteiger partial charge in [0.2, 0.25) is 0 Å². The van der Waals surface area contributed by atoms with E-state index in [-0.39, 0.29) is 11.5 Å². The molecule has 0 unspecified atom stereocenters. The minimum Gasteiger partial charge on any atom is -0.444 e. The molecule has 1 N–H and O–H groups in total. The monoisotopic (exact) mass is 255 g/mol. The summed E-state index contributed by atoms with van der Waals surface area (Å²) in [5.41, 5.74) is -0.623. The molecule has 1 saturated carbocycles. The van der Waals surface area contributed by atoms with E-state index < -0.39 is 11.2 Å². The van der Waals surface area contributed by atoms with Gasteiger partial charge in [0.15, 0.2) is 0 Å². The quantitative estimate of drug-likeness (QED) is 0.723. The van der Waals surface area contributed by atoms with Gasteiger partial charge in [-0.15, -0.1) is 0 Å². The van der Waals surface area contributed by atoms with Crippen LogP contribution in [0.25, 0.3) is 0 Å². The van der Waals surface area contributed by atoms with Gasteiger partial charge in [0.1, 0.15) is 5.60 Å². The second-order valence-corrected chi connectivity index (χ2v) is 7.32. The van der Waals surface area contributed by atoms with Crippen LogP contribution in [0.15, 0.2) is 0 Å². The summed E-state index contributed by atoms with van der Waals surface area (Å²) >= 11 is 0. The maximum atomic E-state index is 11.9. The molecule has 18 heavy (non-hydrogen) atoms. The van der Waals surface area contributed by atoms with Crippen LogP contribution >= 0.6 is 0 Å². The van der Waals surface area contributed by atoms with Crippen molar-refractivity contribution >= 4 is 6.09 Å². The minimum atomic E-state index is -0.478. The van der Waals surface area contributed by atoms with Crippen LogP contribution in [-0.2, 0) is 4.74 Å². The van der Waals surface area contributed by atoms with Crippen molar-refractivity contribution in [1.29, 1.82) is 0 Å². The Balaban J connectivity index is 1.83. The lowest BCUT2D eigenvalue weighted by Gasteiger charge is -2.55. The van der Waals surface area contributed by atoms with Crippen molar-refractivity contribution < 1.29 is 14.6 Å². The number of ether oxygens (including phenoxy) is 1. The molecule has 1 saturated heterocycles. The molecule has 1 spiro atoms. The number of aliphatic hydroxyl groups is 1. The number of piperidine rings is 1. The van der Waals surface area contributed by atoms with Crippen LogP contribution in [0, 0.1) is 5.41 Å². The van der Waals surface area contributed by atoms with E-state index in [9.17, 15) is 9.90 Å². The van der Waals surface area contributed by atoms with Gasteiger partial charge in [-0.05, 0) is 58.8 Å². The standard InChI is InChI=1S/C14H25NO3/c1-12(2,3)18-11(16)15-7-5-14(6-8-15)9-13(4,17)10-14/h17H,5-10H2,1-4H3. The Morgan fingerprint density at radius 2 is 1.72 bits per heavy atom. The molecular weight excluding hydrogens is 230 g/mol. The SMILES string of the molecule is CC1(O)CC2(CCN(C(=O)OC(C)(C)C)CC2)C1. The Morgan fingerprint density at radius 3 is 2.11 bits per heavy atom. The summed E-state index contributed by atoms with van der Waals surface area (Å²) < 4.78 is 5.38. The molecule has 2 aliphatic rings. The average molecular weight is 255 g/mol. The number of carbonyl (C=O) groups is 1. The van der Waals surface area contributed by atoms with E-state index in [2.05, 4.69) is 0 Å². The molecule has 1 amide bonds. The summed E-state index contributed by atoms with van der Waals surface area (Å²) in [7, 11) is 0. The first-order valence-electron chi connectivity index (χ1n) is 6.81. The molecule has 0 atom stereocenters. The highest BCUT2D eigenvalue weighted by atomic mass is 16.6. The summed E-state index contributed by atoms with van der Waals surface area (Å²) in [5.74, 6) is 0. The maximum Gasteiger partial charge on any atom is 0.410 e. The lowest BCUT2D eigenvalue weighted by Crippen LogP contribution is -2.55. The average Bonchev–Trinajstić information content (AvgIpc) is 2.12. The summed E-state index contributed by atoms with van der Waals surface area (Å²) in [5, 5.41) is 9.85. The first kappa shape index (κ1) is 13.7. The predicted octanol–water partition coefficient (Wildman–Crippen LogP) is 2.55. The Kier molecular flexibility index (Phi) is 3.13. The second-order valence-electron chi connectivity index (χ2n) is 7.32. The normalized spacial score (nSPS) is 25.7. The largest absolute Gasteiger partial charge is 0.444 e. The van der Waals surface area contributed by atoms with Gasteiger partial charge in [-0.25, -0.2) is 4.79 Å². The predicted molar refractivity (Wildman–Crippen MR) is 69.3 cm³/mol. The zero-order chi connectivity index (χ0) is 13.6. The van der Waals surface area contributed by atoms with Crippen molar-refractivity contribution in [3.05, 3.63) is 0 Å². The molecule has 1 aliphatic carbocycles. The smallest absolute Gasteiger partial charge is 0.410 e. The van der Waals surface area contributed by atoms with Gasteiger partial charge in [0, 0.05) is 13.1 Å². The van der Waals surface area contributed by atoms with Gasteiger partial charge >= 0.3 is 6.09 Å². The fourth-order valence-electron chi connectivity index (χ4n) is 3.41.